The highest BCUT2D eigenvalue weighted by molar-refractivity contribution is 5.92. The molecule has 122 valence electrons. The zero-order chi connectivity index (χ0) is 16.8. The number of nitrogens with zero attached hydrogens (tertiary/aromatic N) is 2. The summed E-state index contributed by atoms with van der Waals surface area (Å²) >= 11 is 0. The minimum atomic E-state index is -0.192. The van der Waals surface area contributed by atoms with E-state index in [4.69, 9.17) is 0 Å². The van der Waals surface area contributed by atoms with Gasteiger partial charge in [0.2, 0.25) is 0 Å². The van der Waals surface area contributed by atoms with Crippen molar-refractivity contribution in [1.82, 2.24) is 15.5 Å². The summed E-state index contributed by atoms with van der Waals surface area (Å²) in [7, 11) is 0. The lowest BCUT2D eigenvalue weighted by Gasteiger charge is -2.13. The summed E-state index contributed by atoms with van der Waals surface area (Å²) in [6.07, 6.45) is 0.938. The van der Waals surface area contributed by atoms with Gasteiger partial charge < -0.3 is 10.6 Å². The molecule has 0 saturated heterocycles. The molecule has 1 heterocycles. The van der Waals surface area contributed by atoms with Crippen LogP contribution in [0.4, 0.5) is 11.5 Å². The quantitative estimate of drug-likeness (QED) is 0.857. The van der Waals surface area contributed by atoms with Crippen molar-refractivity contribution in [2.75, 3.05) is 11.9 Å². The molecule has 1 aromatic carbocycles. The van der Waals surface area contributed by atoms with E-state index in [1.807, 2.05) is 19.9 Å². The maximum atomic E-state index is 11.9. The molecular weight excluding hydrogens is 288 g/mol. The van der Waals surface area contributed by atoms with Crippen LogP contribution in [0.2, 0.25) is 0 Å². The zero-order valence-corrected chi connectivity index (χ0v) is 14.2. The zero-order valence-electron chi connectivity index (χ0n) is 14.2. The van der Waals surface area contributed by atoms with E-state index in [0.29, 0.717) is 24.0 Å². The Morgan fingerprint density at radius 3 is 2.57 bits per heavy atom. The van der Waals surface area contributed by atoms with Gasteiger partial charge in [-0.3, -0.25) is 4.79 Å². The van der Waals surface area contributed by atoms with Gasteiger partial charge in [-0.05, 0) is 42.5 Å². The highest BCUT2D eigenvalue weighted by atomic mass is 16.1. The van der Waals surface area contributed by atoms with Gasteiger partial charge in [0.15, 0.2) is 11.5 Å². The second-order valence-electron chi connectivity index (χ2n) is 6.00. The standard InChI is InChI=1S/C18H24N4O/c1-5-14-8-6-7-13(4)17(14)20-16-10-9-15(21-22-16)18(23)19-11-12(2)3/h6-10,12H,5,11H2,1-4H3,(H,19,23)(H,20,22). The first kappa shape index (κ1) is 16.9. The van der Waals surface area contributed by atoms with Crippen LogP contribution >= 0.6 is 0 Å². The van der Waals surface area contributed by atoms with Crippen LogP contribution in [0.5, 0.6) is 0 Å². The Balaban J connectivity index is 2.10. The van der Waals surface area contributed by atoms with Crippen molar-refractivity contribution in [2.24, 2.45) is 5.92 Å². The van der Waals surface area contributed by atoms with Crippen molar-refractivity contribution in [3.63, 3.8) is 0 Å². The molecule has 1 amide bonds. The van der Waals surface area contributed by atoms with Crippen LogP contribution in [0.25, 0.3) is 0 Å². The number of para-hydroxylation sites is 1. The fourth-order valence-corrected chi connectivity index (χ4v) is 2.24. The van der Waals surface area contributed by atoms with Gasteiger partial charge >= 0.3 is 0 Å². The van der Waals surface area contributed by atoms with Crippen LogP contribution in [-0.4, -0.2) is 22.6 Å². The van der Waals surface area contributed by atoms with E-state index in [2.05, 4.69) is 46.8 Å². The monoisotopic (exact) mass is 312 g/mol. The lowest BCUT2D eigenvalue weighted by atomic mass is 10.1. The summed E-state index contributed by atoms with van der Waals surface area (Å²) in [6.45, 7) is 8.90. The van der Waals surface area contributed by atoms with E-state index >= 15 is 0 Å². The Morgan fingerprint density at radius 1 is 1.17 bits per heavy atom. The molecule has 0 atom stereocenters. The average molecular weight is 312 g/mol. The van der Waals surface area contributed by atoms with Crippen LogP contribution < -0.4 is 10.6 Å². The minimum Gasteiger partial charge on any atom is -0.350 e. The van der Waals surface area contributed by atoms with Crippen molar-refractivity contribution in [3.8, 4) is 0 Å². The van der Waals surface area contributed by atoms with E-state index in [-0.39, 0.29) is 5.91 Å². The number of benzene rings is 1. The van der Waals surface area contributed by atoms with Gasteiger partial charge in [-0.15, -0.1) is 10.2 Å². The van der Waals surface area contributed by atoms with Gasteiger partial charge in [0.05, 0.1) is 0 Å². The molecule has 0 fully saturated rings. The van der Waals surface area contributed by atoms with Crippen LogP contribution in [0, 0.1) is 12.8 Å². The van der Waals surface area contributed by atoms with Crippen LogP contribution in [0.1, 0.15) is 42.4 Å². The first-order chi connectivity index (χ1) is 11.0. The fourth-order valence-electron chi connectivity index (χ4n) is 2.24. The number of hydrogen-bond donors (Lipinski definition) is 2. The van der Waals surface area contributed by atoms with Crippen molar-refractivity contribution >= 4 is 17.4 Å². The van der Waals surface area contributed by atoms with E-state index in [9.17, 15) is 4.79 Å². The molecule has 23 heavy (non-hydrogen) atoms. The van der Waals surface area contributed by atoms with Gasteiger partial charge in [0.1, 0.15) is 0 Å². The summed E-state index contributed by atoms with van der Waals surface area (Å²) in [6, 6.07) is 9.67. The molecule has 1 aromatic heterocycles. The van der Waals surface area contributed by atoms with Crippen LogP contribution in [0.3, 0.4) is 0 Å². The molecule has 0 aliphatic carbocycles. The maximum absolute atomic E-state index is 11.9. The number of carbonyl (C=O) groups is 1. The molecule has 2 N–H and O–H groups in total. The maximum Gasteiger partial charge on any atom is 0.271 e. The first-order valence-corrected chi connectivity index (χ1v) is 7.98. The minimum absolute atomic E-state index is 0.192. The number of anilines is 2. The van der Waals surface area contributed by atoms with Crippen LogP contribution in [0.15, 0.2) is 30.3 Å². The number of rotatable bonds is 6. The normalized spacial score (nSPS) is 10.7. The number of aryl methyl sites for hydroxylation is 2. The number of amides is 1. The molecule has 0 spiro atoms. The average Bonchev–Trinajstić information content (AvgIpc) is 2.55. The van der Waals surface area contributed by atoms with Crippen molar-refractivity contribution in [1.29, 1.82) is 0 Å². The van der Waals surface area contributed by atoms with E-state index in [1.54, 1.807) is 12.1 Å². The molecule has 2 rings (SSSR count). The molecule has 0 aliphatic heterocycles. The number of nitrogens with one attached hydrogen (secondary N) is 2. The summed E-state index contributed by atoms with van der Waals surface area (Å²) < 4.78 is 0. The SMILES string of the molecule is CCc1cccc(C)c1Nc1ccc(C(=O)NCC(C)C)nn1. The predicted molar refractivity (Wildman–Crippen MR) is 93.0 cm³/mol. The van der Waals surface area contributed by atoms with Crippen molar-refractivity contribution in [2.45, 2.75) is 34.1 Å². The van der Waals surface area contributed by atoms with E-state index in [1.165, 1.54) is 5.56 Å². The Hall–Kier alpha value is -2.43. The first-order valence-electron chi connectivity index (χ1n) is 7.98. The largest absolute Gasteiger partial charge is 0.350 e. The molecule has 5 heteroatoms. The van der Waals surface area contributed by atoms with Gasteiger partial charge in [0, 0.05) is 12.2 Å². The smallest absolute Gasteiger partial charge is 0.271 e. The fraction of sp³-hybridized carbons (Fsp3) is 0.389. The molecule has 5 nitrogen and oxygen atoms in total. The summed E-state index contributed by atoms with van der Waals surface area (Å²) in [5, 5.41) is 14.3. The lowest BCUT2D eigenvalue weighted by Crippen LogP contribution is -2.28. The molecule has 2 aromatic rings. The summed E-state index contributed by atoms with van der Waals surface area (Å²) in [4.78, 5) is 11.9. The van der Waals surface area contributed by atoms with E-state index < -0.39 is 0 Å². The van der Waals surface area contributed by atoms with Gasteiger partial charge in [-0.2, -0.15) is 0 Å². The Bertz CT molecular complexity index is 665. The number of hydrogen-bond acceptors (Lipinski definition) is 4. The molecule has 0 unspecified atom stereocenters. The highest BCUT2D eigenvalue weighted by Crippen LogP contribution is 2.24. The van der Waals surface area contributed by atoms with Crippen molar-refractivity contribution in [3.05, 3.63) is 47.2 Å². The summed E-state index contributed by atoms with van der Waals surface area (Å²) in [5.74, 6) is 0.846. The topological polar surface area (TPSA) is 66.9 Å². The molecule has 0 radical (unpaired) electrons. The predicted octanol–water partition coefficient (Wildman–Crippen LogP) is 3.48. The third-order valence-electron chi connectivity index (χ3n) is 3.56. The van der Waals surface area contributed by atoms with E-state index in [0.717, 1.165) is 17.7 Å². The summed E-state index contributed by atoms with van der Waals surface area (Å²) in [5.41, 5.74) is 3.77. The van der Waals surface area contributed by atoms with Gasteiger partial charge in [0.25, 0.3) is 5.91 Å². The molecular formula is C18H24N4O. The Labute approximate surface area is 137 Å². The second kappa shape index (κ2) is 7.72. The molecule has 0 bridgehead atoms. The van der Waals surface area contributed by atoms with Crippen LogP contribution in [-0.2, 0) is 6.42 Å². The number of carbonyl (C=O) groups excluding carboxylic acids is 1. The van der Waals surface area contributed by atoms with Crippen molar-refractivity contribution < 1.29 is 4.79 Å². The molecule has 0 saturated carbocycles. The third-order valence-corrected chi connectivity index (χ3v) is 3.56. The third kappa shape index (κ3) is 4.52. The molecule has 0 aliphatic rings. The second-order valence-corrected chi connectivity index (χ2v) is 6.00. The van der Waals surface area contributed by atoms with Gasteiger partial charge in [-0.1, -0.05) is 39.0 Å². The Kier molecular flexibility index (Phi) is 5.68. The highest BCUT2D eigenvalue weighted by Gasteiger charge is 2.10. The number of aromatic nitrogens is 2. The van der Waals surface area contributed by atoms with Gasteiger partial charge in [-0.25, -0.2) is 0 Å². The lowest BCUT2D eigenvalue weighted by molar-refractivity contribution is 0.0943. The Morgan fingerprint density at radius 2 is 1.96 bits per heavy atom.